The highest BCUT2D eigenvalue weighted by Crippen LogP contribution is 2.25. The lowest BCUT2D eigenvalue weighted by Gasteiger charge is -2.12. The monoisotopic (exact) mass is 471 g/mol. The van der Waals surface area contributed by atoms with Gasteiger partial charge in [-0.05, 0) is 62.3 Å². The molecule has 0 saturated heterocycles. The van der Waals surface area contributed by atoms with Crippen LogP contribution in [0.4, 0.5) is 4.39 Å². The molecule has 0 aliphatic carbocycles. The Morgan fingerprint density at radius 1 is 0.971 bits per heavy atom. The summed E-state index contributed by atoms with van der Waals surface area (Å²) in [7, 11) is 0. The van der Waals surface area contributed by atoms with Crippen LogP contribution in [-0.2, 0) is 11.2 Å². The van der Waals surface area contributed by atoms with Gasteiger partial charge >= 0.3 is 0 Å². The van der Waals surface area contributed by atoms with Crippen LogP contribution in [0.5, 0.6) is 0 Å². The number of aromatic nitrogens is 1. The zero-order valence-electron chi connectivity index (χ0n) is 21.2. The van der Waals surface area contributed by atoms with Gasteiger partial charge in [0.1, 0.15) is 5.82 Å². The zero-order valence-corrected chi connectivity index (χ0v) is 21.2. The van der Waals surface area contributed by atoms with E-state index in [1.807, 2.05) is 42.6 Å². The molecular formula is C32H38FNO. The first kappa shape index (κ1) is 26.6. The molecule has 0 aliphatic rings. The average molecular weight is 472 g/mol. The quantitative estimate of drug-likeness (QED) is 0.173. The van der Waals surface area contributed by atoms with Gasteiger partial charge in [-0.3, -0.25) is 4.98 Å². The van der Waals surface area contributed by atoms with Gasteiger partial charge in [0.2, 0.25) is 0 Å². The highest BCUT2D eigenvalue weighted by atomic mass is 19.1. The number of allylic oxidation sites excluding steroid dienone is 2. The molecule has 184 valence electrons. The van der Waals surface area contributed by atoms with Gasteiger partial charge < -0.3 is 4.74 Å². The smallest absolute Gasteiger partial charge is 0.131 e. The topological polar surface area (TPSA) is 22.1 Å². The first-order chi connectivity index (χ1) is 17.1. The van der Waals surface area contributed by atoms with Crippen molar-refractivity contribution in [3.8, 4) is 22.4 Å². The molecule has 0 amide bonds. The lowest BCUT2D eigenvalue weighted by atomic mass is 10.0. The summed E-state index contributed by atoms with van der Waals surface area (Å²) in [6, 6.07) is 17.7. The van der Waals surface area contributed by atoms with E-state index in [0.29, 0.717) is 5.56 Å². The third-order valence-electron chi connectivity index (χ3n) is 6.16. The molecule has 2 aromatic carbocycles. The number of nitrogens with zero attached hydrogens (tertiary/aromatic N) is 1. The lowest BCUT2D eigenvalue weighted by molar-refractivity contribution is 0.0566. The highest BCUT2D eigenvalue weighted by molar-refractivity contribution is 5.68. The molecule has 0 spiro atoms. The second kappa shape index (κ2) is 14.4. The molecule has 0 fully saturated rings. The summed E-state index contributed by atoms with van der Waals surface area (Å²) in [5.74, 6) is -0.215. The highest BCUT2D eigenvalue weighted by Gasteiger charge is 2.06. The molecule has 2 nitrogen and oxygen atoms in total. The molecule has 3 rings (SSSR count). The van der Waals surface area contributed by atoms with Gasteiger partial charge in [-0.1, -0.05) is 80.5 Å². The van der Waals surface area contributed by atoms with Crippen molar-refractivity contribution in [2.75, 3.05) is 6.61 Å². The normalized spacial score (nSPS) is 12.2. The first-order valence-electron chi connectivity index (χ1n) is 12.8. The van der Waals surface area contributed by atoms with Gasteiger partial charge in [-0.2, -0.15) is 0 Å². The molecule has 1 heterocycles. The predicted molar refractivity (Wildman–Crippen MR) is 147 cm³/mol. The van der Waals surface area contributed by atoms with E-state index in [9.17, 15) is 4.39 Å². The van der Waals surface area contributed by atoms with Gasteiger partial charge in [0.15, 0.2) is 0 Å². The number of hydrogen-bond acceptors (Lipinski definition) is 2. The van der Waals surface area contributed by atoms with E-state index in [4.69, 9.17) is 4.74 Å². The van der Waals surface area contributed by atoms with Crippen molar-refractivity contribution in [1.29, 1.82) is 0 Å². The predicted octanol–water partition coefficient (Wildman–Crippen LogP) is 9.06. The Morgan fingerprint density at radius 2 is 1.74 bits per heavy atom. The summed E-state index contributed by atoms with van der Waals surface area (Å²) in [5, 5.41) is 0. The summed E-state index contributed by atoms with van der Waals surface area (Å²) in [5.41, 5.74) is 5.54. The molecule has 0 bridgehead atoms. The standard InChI is InChI=1S/C32H38FNO/c1-4-6-10-22-35-25(3)12-8-7-9-13-27-18-19-29(23-31(27)33)30-20-21-32(34-24-30)28-16-14-26(11-5-2)15-17-28/h5,9,13-21,23-25H,2,4,6-8,10-12,22H2,1,3H3. The van der Waals surface area contributed by atoms with Crippen LogP contribution in [-0.4, -0.2) is 17.7 Å². The fourth-order valence-electron chi connectivity index (χ4n) is 4.01. The van der Waals surface area contributed by atoms with E-state index in [0.717, 1.165) is 61.1 Å². The molecule has 3 aromatic rings. The van der Waals surface area contributed by atoms with Crippen molar-refractivity contribution in [3.63, 3.8) is 0 Å². The van der Waals surface area contributed by atoms with Crippen LogP contribution < -0.4 is 0 Å². The minimum Gasteiger partial charge on any atom is -0.379 e. The maximum Gasteiger partial charge on any atom is 0.131 e. The van der Waals surface area contributed by atoms with E-state index in [1.165, 1.54) is 18.4 Å². The van der Waals surface area contributed by atoms with Gasteiger partial charge in [-0.25, -0.2) is 4.39 Å². The Morgan fingerprint density at radius 3 is 2.43 bits per heavy atom. The largest absolute Gasteiger partial charge is 0.379 e. The third-order valence-corrected chi connectivity index (χ3v) is 6.16. The zero-order chi connectivity index (χ0) is 24.9. The van der Waals surface area contributed by atoms with Crippen LogP contribution in [0.3, 0.4) is 0 Å². The summed E-state index contributed by atoms with van der Waals surface area (Å²) in [4.78, 5) is 4.60. The Bertz CT molecular complexity index is 1070. The van der Waals surface area contributed by atoms with Crippen molar-refractivity contribution in [2.45, 2.75) is 64.9 Å². The Hall–Kier alpha value is -3.04. The van der Waals surface area contributed by atoms with Crippen molar-refractivity contribution in [2.24, 2.45) is 0 Å². The van der Waals surface area contributed by atoms with Crippen LogP contribution in [0.15, 0.2) is 79.5 Å². The van der Waals surface area contributed by atoms with Crippen molar-refractivity contribution >= 4 is 6.08 Å². The molecule has 0 aliphatic heterocycles. The van der Waals surface area contributed by atoms with Crippen molar-refractivity contribution < 1.29 is 9.13 Å². The maximum absolute atomic E-state index is 14.7. The summed E-state index contributed by atoms with van der Waals surface area (Å²) >= 11 is 0. The number of halogens is 1. The van der Waals surface area contributed by atoms with Crippen LogP contribution in [0, 0.1) is 5.82 Å². The number of unbranched alkanes of at least 4 members (excludes halogenated alkanes) is 3. The fourth-order valence-corrected chi connectivity index (χ4v) is 4.01. The number of pyridine rings is 1. The molecule has 0 radical (unpaired) electrons. The van der Waals surface area contributed by atoms with E-state index in [-0.39, 0.29) is 11.9 Å². The summed E-state index contributed by atoms with van der Waals surface area (Å²) in [6.07, 6.45) is 15.4. The van der Waals surface area contributed by atoms with E-state index in [1.54, 1.807) is 6.07 Å². The number of rotatable bonds is 14. The maximum atomic E-state index is 14.7. The summed E-state index contributed by atoms with van der Waals surface area (Å²) in [6.45, 7) is 8.97. The van der Waals surface area contributed by atoms with Gasteiger partial charge in [0.25, 0.3) is 0 Å². The van der Waals surface area contributed by atoms with Crippen LogP contribution in [0.25, 0.3) is 28.5 Å². The van der Waals surface area contributed by atoms with Gasteiger partial charge in [-0.15, -0.1) is 6.58 Å². The van der Waals surface area contributed by atoms with Gasteiger partial charge in [0.05, 0.1) is 11.8 Å². The van der Waals surface area contributed by atoms with Crippen LogP contribution in [0.2, 0.25) is 0 Å². The van der Waals surface area contributed by atoms with E-state index in [2.05, 4.69) is 55.8 Å². The lowest BCUT2D eigenvalue weighted by Crippen LogP contribution is -2.08. The van der Waals surface area contributed by atoms with E-state index >= 15 is 0 Å². The first-order valence-corrected chi connectivity index (χ1v) is 12.8. The minimum atomic E-state index is -0.215. The molecule has 1 unspecified atom stereocenters. The van der Waals surface area contributed by atoms with Crippen LogP contribution in [0.1, 0.15) is 63.5 Å². The summed E-state index contributed by atoms with van der Waals surface area (Å²) < 4.78 is 20.6. The number of benzene rings is 2. The van der Waals surface area contributed by atoms with Crippen molar-refractivity contribution in [3.05, 3.63) is 96.5 Å². The Labute approximate surface area is 210 Å². The molecular weight excluding hydrogens is 433 g/mol. The average Bonchev–Trinajstić information content (AvgIpc) is 2.88. The van der Waals surface area contributed by atoms with Crippen molar-refractivity contribution in [1.82, 2.24) is 4.98 Å². The molecule has 3 heteroatoms. The second-order valence-corrected chi connectivity index (χ2v) is 9.08. The second-order valence-electron chi connectivity index (χ2n) is 9.08. The van der Waals surface area contributed by atoms with Gasteiger partial charge in [0, 0.05) is 29.5 Å². The van der Waals surface area contributed by atoms with Crippen LogP contribution >= 0.6 is 0 Å². The SMILES string of the molecule is C=CCc1ccc(-c2ccc(-c3ccc(C=CCCCC(C)OCCCCC)c(F)c3)cn2)cc1. The molecule has 35 heavy (non-hydrogen) atoms. The molecule has 1 aromatic heterocycles. The Balaban J connectivity index is 1.51. The minimum absolute atomic E-state index is 0.215. The Kier molecular flexibility index (Phi) is 10.9. The number of hydrogen-bond donors (Lipinski definition) is 0. The molecule has 1 atom stereocenters. The van der Waals surface area contributed by atoms with E-state index < -0.39 is 0 Å². The molecule has 0 saturated carbocycles. The fraction of sp³-hybridized carbons (Fsp3) is 0.344. The molecule has 0 N–H and O–H groups in total. The third kappa shape index (κ3) is 8.60. The number of ether oxygens (including phenoxy) is 1.